The summed E-state index contributed by atoms with van der Waals surface area (Å²) in [6, 6.07) is 13.3. The number of nitrogens with one attached hydrogen (secondary N) is 1. The fourth-order valence-electron chi connectivity index (χ4n) is 3.11. The molecular weight excluding hydrogens is 383 g/mol. The summed E-state index contributed by atoms with van der Waals surface area (Å²) in [5, 5.41) is 3.41. The Bertz CT molecular complexity index is 992. The number of halogens is 2. The van der Waals surface area contributed by atoms with Gasteiger partial charge in [-0.15, -0.1) is 0 Å². The molecule has 1 N–H and O–H groups in total. The first-order valence-electron chi connectivity index (χ1n) is 8.56. The van der Waals surface area contributed by atoms with Crippen LogP contribution in [0, 0.1) is 0 Å². The van der Waals surface area contributed by atoms with Crippen molar-refractivity contribution >= 4 is 46.4 Å². The Morgan fingerprint density at radius 1 is 1.04 bits per heavy atom. The molecule has 0 saturated carbocycles. The Balaban J connectivity index is 1.54. The maximum atomic E-state index is 12.5. The molecule has 0 atom stereocenters. The molecule has 4 rings (SSSR count). The molecule has 0 aliphatic carbocycles. The van der Waals surface area contributed by atoms with E-state index in [9.17, 15) is 4.79 Å². The zero-order valence-corrected chi connectivity index (χ0v) is 15.8. The first-order valence-corrected chi connectivity index (χ1v) is 9.32. The van der Waals surface area contributed by atoms with E-state index >= 15 is 0 Å². The number of nitrogens with zero attached hydrogens (tertiary/aromatic N) is 3. The number of anilines is 3. The number of para-hydroxylation sites is 1. The molecular formula is C20H16Cl2N4O. The summed E-state index contributed by atoms with van der Waals surface area (Å²) in [6.07, 6.45) is 5.13. The number of carbonyl (C=O) groups is 1. The average Bonchev–Trinajstić information content (AvgIpc) is 2.71. The molecule has 27 heavy (non-hydrogen) atoms. The van der Waals surface area contributed by atoms with E-state index in [1.165, 1.54) is 18.0 Å². The maximum Gasteiger partial charge on any atom is 0.258 e. The van der Waals surface area contributed by atoms with E-state index < -0.39 is 0 Å². The molecule has 0 saturated heterocycles. The van der Waals surface area contributed by atoms with Gasteiger partial charge in [-0.25, -0.2) is 9.97 Å². The van der Waals surface area contributed by atoms with E-state index in [1.54, 1.807) is 18.2 Å². The van der Waals surface area contributed by atoms with Crippen LogP contribution in [0.5, 0.6) is 0 Å². The maximum absolute atomic E-state index is 12.5. The molecule has 2 heterocycles. The number of carbonyl (C=O) groups excluding carboxylic acids is 1. The van der Waals surface area contributed by atoms with Crippen molar-refractivity contribution in [1.82, 2.24) is 9.97 Å². The minimum Gasteiger partial charge on any atom is -0.320 e. The summed E-state index contributed by atoms with van der Waals surface area (Å²) in [6.45, 7) is 0.848. The third-order valence-corrected chi connectivity index (χ3v) is 5.27. The average molecular weight is 399 g/mol. The highest BCUT2D eigenvalue weighted by molar-refractivity contribution is 6.44. The molecule has 3 aromatic rings. The van der Waals surface area contributed by atoms with Crippen LogP contribution < -0.4 is 10.2 Å². The van der Waals surface area contributed by atoms with Gasteiger partial charge in [-0.2, -0.15) is 0 Å². The number of aromatic nitrogens is 2. The number of rotatable bonds is 3. The van der Waals surface area contributed by atoms with Gasteiger partial charge in [0.2, 0.25) is 5.95 Å². The highest BCUT2D eigenvalue weighted by atomic mass is 35.5. The van der Waals surface area contributed by atoms with Gasteiger partial charge in [-0.05, 0) is 36.6 Å². The van der Waals surface area contributed by atoms with Crippen molar-refractivity contribution in [2.75, 3.05) is 16.8 Å². The standard InChI is InChI=1S/C20H16Cl2N4O/c21-15-7-3-8-16(18(15)22)25-19(27)14-11-23-20(24-12-14)26-10-4-6-13-5-1-2-9-17(13)26/h1-3,5,7-9,11-12H,4,6,10H2,(H,25,27). The third-order valence-electron chi connectivity index (χ3n) is 4.45. The Labute approximate surface area is 167 Å². The lowest BCUT2D eigenvalue weighted by atomic mass is 10.0. The first-order chi connectivity index (χ1) is 13.1. The highest BCUT2D eigenvalue weighted by Gasteiger charge is 2.20. The van der Waals surface area contributed by atoms with E-state index in [1.807, 2.05) is 12.1 Å². The minimum atomic E-state index is -0.343. The summed E-state index contributed by atoms with van der Waals surface area (Å²) < 4.78 is 0. The summed E-state index contributed by atoms with van der Waals surface area (Å²) in [5.41, 5.74) is 3.19. The van der Waals surface area contributed by atoms with Crippen LogP contribution in [0.4, 0.5) is 17.3 Å². The van der Waals surface area contributed by atoms with Crippen molar-refractivity contribution < 1.29 is 4.79 Å². The second kappa shape index (κ2) is 7.55. The van der Waals surface area contributed by atoms with Gasteiger partial charge in [0.1, 0.15) is 0 Å². The zero-order chi connectivity index (χ0) is 18.8. The van der Waals surface area contributed by atoms with Gasteiger partial charge in [-0.3, -0.25) is 4.79 Å². The summed E-state index contributed by atoms with van der Waals surface area (Å²) >= 11 is 12.1. The molecule has 0 bridgehead atoms. The van der Waals surface area contributed by atoms with Crippen molar-refractivity contribution in [2.45, 2.75) is 12.8 Å². The molecule has 136 valence electrons. The lowest BCUT2D eigenvalue weighted by Gasteiger charge is -2.29. The van der Waals surface area contributed by atoms with E-state index in [0.717, 1.165) is 25.1 Å². The minimum absolute atomic E-state index is 0.301. The lowest BCUT2D eigenvalue weighted by Crippen LogP contribution is -2.26. The molecule has 1 aromatic heterocycles. The summed E-state index contributed by atoms with van der Waals surface area (Å²) in [4.78, 5) is 23.3. The lowest BCUT2D eigenvalue weighted by molar-refractivity contribution is 0.102. The monoisotopic (exact) mass is 398 g/mol. The quantitative estimate of drug-likeness (QED) is 0.664. The van der Waals surface area contributed by atoms with E-state index in [-0.39, 0.29) is 5.91 Å². The Hall–Kier alpha value is -2.63. The summed E-state index contributed by atoms with van der Waals surface area (Å²) in [5.74, 6) is 0.240. The molecule has 5 nitrogen and oxygen atoms in total. The molecule has 7 heteroatoms. The number of aryl methyl sites for hydroxylation is 1. The van der Waals surface area contributed by atoms with Crippen molar-refractivity contribution in [2.24, 2.45) is 0 Å². The number of fused-ring (bicyclic) bond motifs is 1. The van der Waals surface area contributed by atoms with Gasteiger partial charge in [0.15, 0.2) is 0 Å². The van der Waals surface area contributed by atoms with Gasteiger partial charge in [0.25, 0.3) is 5.91 Å². The molecule has 1 amide bonds. The Kier molecular flexibility index (Phi) is 4.97. The van der Waals surface area contributed by atoms with Gasteiger partial charge < -0.3 is 10.2 Å². The number of hydrogen-bond donors (Lipinski definition) is 1. The van der Waals surface area contributed by atoms with Crippen LogP contribution in [-0.4, -0.2) is 22.4 Å². The number of amides is 1. The van der Waals surface area contributed by atoms with Gasteiger partial charge >= 0.3 is 0 Å². The van der Waals surface area contributed by atoms with E-state index in [2.05, 4.69) is 32.3 Å². The predicted molar refractivity (Wildman–Crippen MR) is 108 cm³/mol. The van der Waals surface area contributed by atoms with Crippen LogP contribution in [0.2, 0.25) is 10.0 Å². The molecule has 1 aliphatic rings. The van der Waals surface area contributed by atoms with Gasteiger partial charge in [-0.1, -0.05) is 47.5 Å². The van der Waals surface area contributed by atoms with E-state index in [0.29, 0.717) is 27.2 Å². The molecule has 1 aliphatic heterocycles. The number of benzene rings is 2. The topological polar surface area (TPSA) is 58.1 Å². The molecule has 0 fully saturated rings. The zero-order valence-electron chi connectivity index (χ0n) is 14.3. The first kappa shape index (κ1) is 17.8. The van der Waals surface area contributed by atoms with Crippen LogP contribution in [0.15, 0.2) is 54.9 Å². The van der Waals surface area contributed by atoms with Crippen molar-refractivity contribution in [3.63, 3.8) is 0 Å². The Morgan fingerprint density at radius 3 is 2.63 bits per heavy atom. The third kappa shape index (κ3) is 3.61. The van der Waals surface area contributed by atoms with Crippen molar-refractivity contribution in [3.8, 4) is 0 Å². The van der Waals surface area contributed by atoms with Crippen LogP contribution in [0.3, 0.4) is 0 Å². The molecule has 0 unspecified atom stereocenters. The van der Waals surface area contributed by atoms with Crippen molar-refractivity contribution in [1.29, 1.82) is 0 Å². The fraction of sp³-hybridized carbons (Fsp3) is 0.150. The molecule has 0 spiro atoms. The molecule has 2 aromatic carbocycles. The second-order valence-corrected chi connectivity index (χ2v) is 7.00. The van der Waals surface area contributed by atoms with Gasteiger partial charge in [0.05, 0.1) is 21.3 Å². The predicted octanol–water partition coefficient (Wildman–Crippen LogP) is 5.12. The Morgan fingerprint density at radius 2 is 1.81 bits per heavy atom. The molecule has 0 radical (unpaired) electrons. The van der Waals surface area contributed by atoms with Crippen LogP contribution in [0.25, 0.3) is 0 Å². The van der Waals surface area contributed by atoms with Crippen molar-refractivity contribution in [3.05, 3.63) is 76.0 Å². The number of hydrogen-bond acceptors (Lipinski definition) is 4. The smallest absolute Gasteiger partial charge is 0.258 e. The van der Waals surface area contributed by atoms with Crippen LogP contribution >= 0.6 is 23.2 Å². The normalized spacial score (nSPS) is 13.2. The van der Waals surface area contributed by atoms with Crippen LogP contribution in [0.1, 0.15) is 22.3 Å². The van der Waals surface area contributed by atoms with Gasteiger partial charge in [0, 0.05) is 24.6 Å². The van der Waals surface area contributed by atoms with E-state index in [4.69, 9.17) is 23.2 Å². The highest BCUT2D eigenvalue weighted by Crippen LogP contribution is 2.32. The van der Waals surface area contributed by atoms with Crippen LogP contribution in [-0.2, 0) is 6.42 Å². The second-order valence-electron chi connectivity index (χ2n) is 6.21. The SMILES string of the molecule is O=C(Nc1cccc(Cl)c1Cl)c1cnc(N2CCCc3ccccc32)nc1. The fourth-order valence-corrected chi connectivity index (χ4v) is 3.46. The summed E-state index contributed by atoms with van der Waals surface area (Å²) in [7, 11) is 0. The largest absolute Gasteiger partial charge is 0.320 e.